The molecule has 0 amide bonds. The van der Waals surface area contributed by atoms with E-state index in [0.717, 1.165) is 27.9 Å². The van der Waals surface area contributed by atoms with Crippen LogP contribution in [0.2, 0.25) is 18.1 Å². The van der Waals surface area contributed by atoms with Crippen LogP contribution >= 0.6 is 0 Å². The molecule has 1 unspecified atom stereocenters. The van der Waals surface area contributed by atoms with Crippen LogP contribution in [0.25, 0.3) is 10.9 Å². The van der Waals surface area contributed by atoms with E-state index < -0.39 is 14.4 Å². The molecule has 0 aliphatic carbocycles. The molecule has 0 saturated carbocycles. The summed E-state index contributed by atoms with van der Waals surface area (Å²) in [5.74, 6) is 0.753. The number of hydrogen-bond donors (Lipinski definition) is 1. The van der Waals surface area contributed by atoms with Gasteiger partial charge < -0.3 is 18.8 Å². The van der Waals surface area contributed by atoms with Crippen LogP contribution in [-0.2, 0) is 18.1 Å². The standard InChI is InChI=1S/C20H29NO3Si/c1-20(2,3)25(5,6)24-13-15-10-14-11-16-18(22)8-7-9-23-19(16)12-17(14)21(15)4/h7-8,10-12,18,22H,9,13H2,1-6H3. The van der Waals surface area contributed by atoms with Crippen molar-refractivity contribution in [3.63, 3.8) is 0 Å². The minimum atomic E-state index is -1.79. The second kappa shape index (κ2) is 6.31. The number of benzene rings is 1. The largest absolute Gasteiger partial charge is 0.489 e. The molecule has 0 bridgehead atoms. The van der Waals surface area contributed by atoms with Gasteiger partial charge in [-0.1, -0.05) is 26.8 Å². The zero-order valence-electron chi connectivity index (χ0n) is 16.1. The van der Waals surface area contributed by atoms with Crippen molar-refractivity contribution in [1.29, 1.82) is 0 Å². The fourth-order valence-electron chi connectivity index (χ4n) is 2.83. The lowest BCUT2D eigenvalue weighted by molar-refractivity contribution is 0.226. The summed E-state index contributed by atoms with van der Waals surface area (Å²) in [5.41, 5.74) is 3.07. The molecule has 3 rings (SSSR count). The van der Waals surface area contributed by atoms with Gasteiger partial charge in [-0.05, 0) is 36.3 Å². The van der Waals surface area contributed by atoms with E-state index in [9.17, 15) is 5.11 Å². The van der Waals surface area contributed by atoms with E-state index in [1.165, 1.54) is 0 Å². The quantitative estimate of drug-likeness (QED) is 0.639. The number of nitrogens with zero attached hydrogens (tertiary/aromatic N) is 1. The van der Waals surface area contributed by atoms with Gasteiger partial charge in [0.25, 0.3) is 0 Å². The average molecular weight is 360 g/mol. The lowest BCUT2D eigenvalue weighted by Crippen LogP contribution is -2.40. The number of aliphatic hydroxyl groups excluding tert-OH is 1. The van der Waals surface area contributed by atoms with Crippen LogP contribution in [0.15, 0.2) is 30.4 Å². The highest BCUT2D eigenvalue weighted by Gasteiger charge is 2.37. The summed E-state index contributed by atoms with van der Waals surface area (Å²) in [6, 6.07) is 6.21. The molecule has 0 spiro atoms. The average Bonchev–Trinajstić information content (AvgIpc) is 2.71. The Kier molecular flexibility index (Phi) is 4.60. The second-order valence-electron chi connectivity index (χ2n) is 8.38. The van der Waals surface area contributed by atoms with Crippen molar-refractivity contribution in [2.45, 2.75) is 51.6 Å². The normalized spacial score (nSPS) is 18.1. The predicted octanol–water partition coefficient (Wildman–Crippen LogP) is 4.68. The molecule has 0 fully saturated rings. The van der Waals surface area contributed by atoms with E-state index >= 15 is 0 Å². The lowest BCUT2D eigenvalue weighted by atomic mass is 10.1. The third kappa shape index (κ3) is 3.41. The van der Waals surface area contributed by atoms with Gasteiger partial charge in [-0.25, -0.2) is 0 Å². The maximum Gasteiger partial charge on any atom is 0.192 e. The van der Waals surface area contributed by atoms with Crippen LogP contribution in [-0.4, -0.2) is 24.6 Å². The molecule has 4 nitrogen and oxygen atoms in total. The molecule has 1 aliphatic heterocycles. The van der Waals surface area contributed by atoms with E-state index in [2.05, 4.69) is 51.5 Å². The van der Waals surface area contributed by atoms with Crippen LogP contribution in [0.5, 0.6) is 5.75 Å². The van der Waals surface area contributed by atoms with E-state index in [0.29, 0.717) is 13.2 Å². The first-order valence-corrected chi connectivity index (χ1v) is 11.7. The summed E-state index contributed by atoms with van der Waals surface area (Å²) < 4.78 is 14.3. The topological polar surface area (TPSA) is 43.6 Å². The molecule has 2 aromatic rings. The first-order chi connectivity index (χ1) is 11.6. The zero-order chi connectivity index (χ0) is 18.4. The molecular weight excluding hydrogens is 330 g/mol. The molecule has 0 radical (unpaired) electrons. The fraction of sp³-hybridized carbons (Fsp3) is 0.500. The van der Waals surface area contributed by atoms with Crippen molar-refractivity contribution in [2.24, 2.45) is 7.05 Å². The summed E-state index contributed by atoms with van der Waals surface area (Å²) in [5, 5.41) is 11.6. The maximum absolute atomic E-state index is 10.3. The molecular formula is C20H29NO3Si. The maximum atomic E-state index is 10.3. The van der Waals surface area contributed by atoms with Crippen molar-refractivity contribution >= 4 is 19.2 Å². The fourth-order valence-corrected chi connectivity index (χ4v) is 3.77. The molecule has 0 saturated heterocycles. The Labute approximate surface area is 151 Å². The monoisotopic (exact) mass is 359 g/mol. The number of fused-ring (bicyclic) bond motifs is 2. The highest BCUT2D eigenvalue weighted by atomic mass is 28.4. The number of aromatic nitrogens is 1. The van der Waals surface area contributed by atoms with Crippen molar-refractivity contribution in [3.8, 4) is 5.75 Å². The molecule has 1 aromatic carbocycles. The minimum Gasteiger partial charge on any atom is -0.489 e. The van der Waals surface area contributed by atoms with Gasteiger partial charge in [-0.3, -0.25) is 0 Å². The number of rotatable bonds is 3. The van der Waals surface area contributed by atoms with E-state index in [1.54, 1.807) is 6.08 Å². The zero-order valence-corrected chi connectivity index (χ0v) is 17.1. The summed E-state index contributed by atoms with van der Waals surface area (Å²) in [6.45, 7) is 12.4. The Balaban J connectivity index is 1.94. The first-order valence-electron chi connectivity index (χ1n) is 8.84. The Hall–Kier alpha value is -1.56. The third-order valence-corrected chi connectivity index (χ3v) is 10.1. The Bertz CT molecular complexity index is 814. The molecule has 1 aromatic heterocycles. The lowest BCUT2D eigenvalue weighted by Gasteiger charge is -2.36. The third-order valence-electron chi connectivity index (χ3n) is 5.63. The van der Waals surface area contributed by atoms with Gasteiger partial charge in [0.15, 0.2) is 8.32 Å². The van der Waals surface area contributed by atoms with Gasteiger partial charge in [-0.15, -0.1) is 0 Å². The number of aryl methyl sites for hydroxylation is 1. The Morgan fingerprint density at radius 3 is 2.68 bits per heavy atom. The van der Waals surface area contributed by atoms with E-state index in [-0.39, 0.29) is 5.04 Å². The number of ether oxygens (including phenoxy) is 1. The van der Waals surface area contributed by atoms with Crippen LogP contribution in [0.4, 0.5) is 0 Å². The SMILES string of the molecule is Cn1c(CO[Si](C)(C)C(C)(C)C)cc2cc3c(cc21)OCC=CC3O. The van der Waals surface area contributed by atoms with Gasteiger partial charge in [0, 0.05) is 29.8 Å². The molecule has 5 heteroatoms. The second-order valence-corrected chi connectivity index (χ2v) is 13.2. The van der Waals surface area contributed by atoms with Crippen molar-refractivity contribution in [1.82, 2.24) is 4.57 Å². The highest BCUT2D eigenvalue weighted by molar-refractivity contribution is 6.74. The molecule has 136 valence electrons. The van der Waals surface area contributed by atoms with Gasteiger partial charge in [0.05, 0.1) is 12.1 Å². The van der Waals surface area contributed by atoms with Crippen molar-refractivity contribution in [3.05, 3.63) is 41.6 Å². The molecule has 1 atom stereocenters. The van der Waals surface area contributed by atoms with Crippen molar-refractivity contribution in [2.75, 3.05) is 6.61 Å². The van der Waals surface area contributed by atoms with Gasteiger partial charge in [-0.2, -0.15) is 0 Å². The van der Waals surface area contributed by atoms with E-state index in [4.69, 9.17) is 9.16 Å². The summed E-state index contributed by atoms with van der Waals surface area (Å²) >= 11 is 0. The molecule has 2 heterocycles. The minimum absolute atomic E-state index is 0.194. The highest BCUT2D eigenvalue weighted by Crippen LogP contribution is 2.38. The predicted molar refractivity (Wildman–Crippen MR) is 104 cm³/mol. The van der Waals surface area contributed by atoms with Crippen LogP contribution in [0.1, 0.15) is 38.1 Å². The summed E-state index contributed by atoms with van der Waals surface area (Å²) in [7, 11) is 0.270. The molecule has 1 N–H and O–H groups in total. The first kappa shape index (κ1) is 18.2. The van der Waals surface area contributed by atoms with Gasteiger partial charge >= 0.3 is 0 Å². The molecule has 1 aliphatic rings. The number of aliphatic hydroxyl groups is 1. The number of hydrogen-bond acceptors (Lipinski definition) is 3. The van der Waals surface area contributed by atoms with Crippen molar-refractivity contribution < 1.29 is 14.3 Å². The Morgan fingerprint density at radius 2 is 2.00 bits per heavy atom. The van der Waals surface area contributed by atoms with Gasteiger partial charge in [0.1, 0.15) is 18.5 Å². The van der Waals surface area contributed by atoms with E-state index in [1.807, 2.05) is 18.2 Å². The van der Waals surface area contributed by atoms with Gasteiger partial charge in [0.2, 0.25) is 0 Å². The van der Waals surface area contributed by atoms with Crippen LogP contribution in [0, 0.1) is 0 Å². The molecule has 25 heavy (non-hydrogen) atoms. The van der Waals surface area contributed by atoms with Crippen LogP contribution < -0.4 is 4.74 Å². The summed E-state index contributed by atoms with van der Waals surface area (Å²) in [4.78, 5) is 0. The van der Waals surface area contributed by atoms with Crippen LogP contribution in [0.3, 0.4) is 0 Å². The smallest absolute Gasteiger partial charge is 0.192 e. The Morgan fingerprint density at radius 1 is 1.28 bits per heavy atom. The summed E-state index contributed by atoms with van der Waals surface area (Å²) in [6.07, 6.45) is 3.02.